The summed E-state index contributed by atoms with van der Waals surface area (Å²) < 4.78 is 52.3. The van der Waals surface area contributed by atoms with Gasteiger partial charge in [0.15, 0.2) is 5.65 Å². The first-order valence-corrected chi connectivity index (χ1v) is 9.13. The van der Waals surface area contributed by atoms with Gasteiger partial charge < -0.3 is 16.4 Å². The van der Waals surface area contributed by atoms with Crippen molar-refractivity contribution in [3.8, 4) is 11.1 Å². The first-order valence-electron chi connectivity index (χ1n) is 9.13. The van der Waals surface area contributed by atoms with Crippen LogP contribution in [0.4, 0.5) is 39.5 Å². The van der Waals surface area contributed by atoms with Crippen molar-refractivity contribution in [1.29, 1.82) is 0 Å². The van der Waals surface area contributed by atoms with Crippen LogP contribution in [0.1, 0.15) is 5.56 Å². The van der Waals surface area contributed by atoms with Gasteiger partial charge in [-0.1, -0.05) is 12.1 Å². The number of urea groups is 1. The Labute approximate surface area is 178 Å². The Balaban J connectivity index is 1.52. The second-order valence-electron chi connectivity index (χ2n) is 6.66. The molecule has 4 rings (SSSR count). The van der Waals surface area contributed by atoms with Crippen molar-refractivity contribution in [1.82, 2.24) is 15.0 Å². The first kappa shape index (κ1) is 21.0. The molecule has 4 aromatic rings. The molecule has 0 aliphatic heterocycles. The second kappa shape index (κ2) is 8.10. The van der Waals surface area contributed by atoms with Crippen molar-refractivity contribution >= 4 is 34.3 Å². The summed E-state index contributed by atoms with van der Waals surface area (Å²) in [5, 5.41) is 5.10. The van der Waals surface area contributed by atoms with Crippen LogP contribution in [0, 0.1) is 5.82 Å². The number of fused-ring (bicyclic) bond motifs is 1. The van der Waals surface area contributed by atoms with E-state index in [1.165, 1.54) is 6.33 Å². The Hall–Kier alpha value is -4.28. The van der Waals surface area contributed by atoms with Gasteiger partial charge in [-0.15, -0.1) is 0 Å². The number of carbonyl (C=O) groups excluding carboxylic acids is 1. The van der Waals surface area contributed by atoms with Crippen LogP contribution in [-0.4, -0.2) is 21.0 Å². The molecular weight excluding hydrogens is 428 g/mol. The zero-order chi connectivity index (χ0) is 22.9. The molecule has 162 valence electrons. The number of nitrogen functional groups attached to an aromatic ring is 1. The Morgan fingerprint density at radius 2 is 1.69 bits per heavy atom. The lowest BCUT2D eigenvalue weighted by Crippen LogP contribution is -2.20. The minimum absolute atomic E-state index is 0.266. The number of nitrogens with two attached hydrogens (primary N) is 1. The summed E-state index contributed by atoms with van der Waals surface area (Å²) in [6, 6.07) is 9.14. The molecule has 0 bridgehead atoms. The number of carbonyl (C=O) groups is 1. The topological polar surface area (TPSA) is 106 Å². The van der Waals surface area contributed by atoms with E-state index in [4.69, 9.17) is 5.73 Å². The fourth-order valence-corrected chi connectivity index (χ4v) is 3.07. The Morgan fingerprint density at radius 3 is 2.41 bits per heavy atom. The molecule has 0 saturated heterocycles. The first-order chi connectivity index (χ1) is 15.2. The number of alkyl halides is 3. The Morgan fingerprint density at radius 1 is 0.938 bits per heavy atom. The smallest absolute Gasteiger partial charge is 0.383 e. The van der Waals surface area contributed by atoms with Crippen LogP contribution >= 0.6 is 0 Å². The van der Waals surface area contributed by atoms with Gasteiger partial charge in [-0.25, -0.2) is 24.1 Å². The van der Waals surface area contributed by atoms with E-state index in [0.29, 0.717) is 34.9 Å². The average Bonchev–Trinajstić information content (AvgIpc) is 2.75. The molecule has 0 radical (unpaired) electrons. The van der Waals surface area contributed by atoms with Crippen molar-refractivity contribution in [3.05, 3.63) is 72.4 Å². The number of benzene rings is 2. The van der Waals surface area contributed by atoms with Crippen LogP contribution in [0.2, 0.25) is 0 Å². The van der Waals surface area contributed by atoms with Gasteiger partial charge in [0, 0.05) is 11.9 Å². The van der Waals surface area contributed by atoms with Gasteiger partial charge in [0.05, 0.1) is 16.6 Å². The molecule has 0 atom stereocenters. The van der Waals surface area contributed by atoms with Gasteiger partial charge >= 0.3 is 12.2 Å². The van der Waals surface area contributed by atoms with E-state index in [2.05, 4.69) is 25.6 Å². The van der Waals surface area contributed by atoms with Crippen LogP contribution in [0.5, 0.6) is 0 Å². The molecule has 4 N–H and O–H groups in total. The lowest BCUT2D eigenvalue weighted by molar-refractivity contribution is -0.137. The molecule has 0 aliphatic carbocycles. The van der Waals surface area contributed by atoms with Crippen LogP contribution < -0.4 is 16.4 Å². The van der Waals surface area contributed by atoms with Crippen LogP contribution in [0.3, 0.4) is 0 Å². The molecule has 2 aromatic carbocycles. The summed E-state index contributed by atoms with van der Waals surface area (Å²) in [7, 11) is 0. The highest BCUT2D eigenvalue weighted by Crippen LogP contribution is 2.32. The van der Waals surface area contributed by atoms with Gasteiger partial charge in [0.2, 0.25) is 0 Å². The summed E-state index contributed by atoms with van der Waals surface area (Å²) in [5.74, 6) is -0.726. The predicted octanol–water partition coefficient (Wildman–Crippen LogP) is 5.08. The van der Waals surface area contributed by atoms with Crippen LogP contribution in [0.25, 0.3) is 22.2 Å². The normalized spacial score (nSPS) is 11.4. The van der Waals surface area contributed by atoms with E-state index in [0.717, 1.165) is 11.1 Å². The molecule has 2 amide bonds. The minimum atomic E-state index is -4.66. The average molecular weight is 442 g/mol. The largest absolute Gasteiger partial charge is 0.416 e. The number of anilines is 3. The third-order valence-corrected chi connectivity index (χ3v) is 4.56. The fraction of sp³-hybridized carbons (Fsp3) is 0.0476. The summed E-state index contributed by atoms with van der Waals surface area (Å²) >= 11 is 0. The summed E-state index contributed by atoms with van der Waals surface area (Å²) in [6.07, 6.45) is -1.78. The van der Waals surface area contributed by atoms with Gasteiger partial charge in [0.1, 0.15) is 18.0 Å². The molecule has 0 saturated carbocycles. The molecule has 2 aromatic heterocycles. The molecule has 32 heavy (non-hydrogen) atoms. The fourth-order valence-electron chi connectivity index (χ4n) is 3.07. The zero-order valence-corrected chi connectivity index (χ0v) is 16.1. The highest BCUT2D eigenvalue weighted by Gasteiger charge is 2.31. The van der Waals surface area contributed by atoms with Crippen molar-refractivity contribution in [2.24, 2.45) is 0 Å². The number of hydrogen-bond acceptors (Lipinski definition) is 5. The van der Waals surface area contributed by atoms with Crippen LogP contribution in [0.15, 0.2) is 61.1 Å². The molecule has 0 spiro atoms. The van der Waals surface area contributed by atoms with Gasteiger partial charge in [-0.05, 0) is 47.5 Å². The molecule has 2 heterocycles. The number of pyridine rings is 1. The second-order valence-corrected chi connectivity index (χ2v) is 6.66. The number of hydrogen-bond donors (Lipinski definition) is 3. The number of nitrogens with zero attached hydrogens (tertiary/aromatic N) is 3. The minimum Gasteiger partial charge on any atom is -0.383 e. The van der Waals surface area contributed by atoms with Crippen molar-refractivity contribution in [2.75, 3.05) is 16.4 Å². The van der Waals surface area contributed by atoms with E-state index in [1.54, 1.807) is 36.5 Å². The molecule has 11 heteroatoms. The van der Waals surface area contributed by atoms with Crippen molar-refractivity contribution in [2.45, 2.75) is 6.18 Å². The molecule has 7 nitrogen and oxygen atoms in total. The van der Waals surface area contributed by atoms with Crippen molar-refractivity contribution in [3.63, 3.8) is 0 Å². The van der Waals surface area contributed by atoms with E-state index in [1.807, 2.05) is 0 Å². The lowest BCUT2D eigenvalue weighted by Gasteiger charge is -2.12. The number of halogens is 4. The predicted molar refractivity (Wildman–Crippen MR) is 111 cm³/mol. The maximum Gasteiger partial charge on any atom is 0.416 e. The number of nitrogens with one attached hydrogen (secondary N) is 2. The Kier molecular flexibility index (Phi) is 5.31. The highest BCUT2D eigenvalue weighted by atomic mass is 19.4. The van der Waals surface area contributed by atoms with Gasteiger partial charge in [-0.2, -0.15) is 13.2 Å². The quantitative estimate of drug-likeness (QED) is 0.384. The van der Waals surface area contributed by atoms with Crippen LogP contribution in [-0.2, 0) is 6.18 Å². The molecule has 0 unspecified atom stereocenters. The number of rotatable bonds is 3. The third-order valence-electron chi connectivity index (χ3n) is 4.56. The van der Waals surface area contributed by atoms with E-state index in [-0.39, 0.29) is 5.82 Å². The Bertz CT molecular complexity index is 1300. The van der Waals surface area contributed by atoms with Gasteiger partial charge in [0.25, 0.3) is 0 Å². The number of amides is 2. The summed E-state index contributed by atoms with van der Waals surface area (Å²) in [6.45, 7) is 0. The van der Waals surface area contributed by atoms with Gasteiger partial charge in [-0.3, -0.25) is 0 Å². The summed E-state index contributed by atoms with van der Waals surface area (Å²) in [5.41, 5.74) is 6.53. The van der Waals surface area contributed by atoms with E-state index >= 15 is 0 Å². The highest BCUT2D eigenvalue weighted by molar-refractivity contribution is 6.01. The van der Waals surface area contributed by atoms with E-state index < -0.39 is 29.3 Å². The van der Waals surface area contributed by atoms with E-state index in [9.17, 15) is 22.4 Å². The SMILES string of the molecule is Nc1ncnc2nccc(-c3ccc(NC(=O)Nc4cc(C(F)(F)F)ccc4F)cc3)c12. The lowest BCUT2D eigenvalue weighted by atomic mass is 10.0. The maximum atomic E-state index is 13.8. The summed E-state index contributed by atoms with van der Waals surface area (Å²) in [4.78, 5) is 24.4. The molecular formula is C21H14F4N6O. The standard InChI is InChI=1S/C21H14F4N6O/c22-15-6-3-12(21(23,24)25)9-16(15)31-20(32)30-13-4-1-11(2-5-13)14-7-8-27-19-17(14)18(26)28-10-29-19/h1-10H,(H2,30,31,32)(H2,26,27,28,29). The maximum absolute atomic E-state index is 13.8. The van der Waals surface area contributed by atoms with Crippen molar-refractivity contribution < 1.29 is 22.4 Å². The molecule has 0 fully saturated rings. The molecule has 0 aliphatic rings. The monoisotopic (exact) mass is 442 g/mol. The third kappa shape index (κ3) is 4.26. The zero-order valence-electron chi connectivity index (χ0n) is 16.1. The number of aromatic nitrogens is 3.